The second kappa shape index (κ2) is 3.53. The highest BCUT2D eigenvalue weighted by molar-refractivity contribution is 7.80. The fraction of sp³-hybridized carbons (Fsp3) is 0.250. The van der Waals surface area contributed by atoms with Crippen LogP contribution in [0.4, 0.5) is 5.69 Å². The van der Waals surface area contributed by atoms with E-state index in [0.717, 1.165) is 16.3 Å². The van der Waals surface area contributed by atoms with Gasteiger partial charge in [0, 0.05) is 11.9 Å². The van der Waals surface area contributed by atoms with Crippen molar-refractivity contribution in [2.24, 2.45) is 0 Å². The van der Waals surface area contributed by atoms with Crippen LogP contribution in [0, 0.1) is 0 Å². The van der Waals surface area contributed by atoms with E-state index < -0.39 is 0 Å². The van der Waals surface area contributed by atoms with Crippen LogP contribution in [-0.4, -0.2) is 14.2 Å². The highest BCUT2D eigenvalue weighted by atomic mass is 32.1. The van der Waals surface area contributed by atoms with Gasteiger partial charge in [-0.1, -0.05) is 0 Å². The van der Waals surface area contributed by atoms with E-state index in [9.17, 15) is 0 Å². The summed E-state index contributed by atoms with van der Waals surface area (Å²) in [4.78, 5) is 0.926. The van der Waals surface area contributed by atoms with Gasteiger partial charge in [0.2, 0.25) is 0 Å². The Morgan fingerprint density at radius 1 is 1.45 bits per heavy atom. The number of hydrogen-bond donors (Lipinski definition) is 2. The van der Waals surface area contributed by atoms with Crippen LogP contribution in [0.25, 0.3) is 0 Å². The fourth-order valence-electron chi connectivity index (χ4n) is 0.891. The predicted octanol–water partition coefficient (Wildman–Crippen LogP) is 2.03. The molecule has 0 atom stereocenters. The lowest BCUT2D eigenvalue weighted by molar-refractivity contribution is 0.416. The zero-order valence-corrected chi connectivity index (χ0v) is 7.48. The van der Waals surface area contributed by atoms with Gasteiger partial charge in [0.1, 0.15) is 5.75 Å². The highest BCUT2D eigenvalue weighted by Crippen LogP contribution is 2.25. The lowest BCUT2D eigenvalue weighted by Crippen LogP contribution is -1.92. The van der Waals surface area contributed by atoms with Crippen molar-refractivity contribution in [2.75, 3.05) is 19.5 Å². The predicted molar refractivity (Wildman–Crippen MR) is 49.8 cm³/mol. The number of benzene rings is 1. The van der Waals surface area contributed by atoms with Crippen LogP contribution >= 0.6 is 12.6 Å². The Bertz CT molecular complexity index is 250. The smallest absolute Gasteiger partial charge is 0.142 e. The molecule has 0 fully saturated rings. The molecule has 2 nitrogen and oxygen atoms in total. The molecule has 11 heavy (non-hydrogen) atoms. The Labute approximate surface area is 72.0 Å². The SMILES string of the molecule is CNc1cc(S)ccc1OC. The molecule has 60 valence electrons. The second-order valence-electron chi connectivity index (χ2n) is 2.13. The molecule has 0 amide bonds. The average Bonchev–Trinajstić information content (AvgIpc) is 2.04. The molecule has 0 saturated carbocycles. The topological polar surface area (TPSA) is 21.3 Å². The van der Waals surface area contributed by atoms with E-state index in [-0.39, 0.29) is 0 Å². The Balaban J connectivity index is 3.06. The molecule has 0 saturated heterocycles. The maximum absolute atomic E-state index is 5.09. The molecule has 1 rings (SSSR count). The van der Waals surface area contributed by atoms with Gasteiger partial charge in [-0.05, 0) is 18.2 Å². The number of ether oxygens (including phenoxy) is 1. The van der Waals surface area contributed by atoms with Gasteiger partial charge < -0.3 is 10.1 Å². The van der Waals surface area contributed by atoms with Crippen molar-refractivity contribution >= 4 is 18.3 Å². The third kappa shape index (κ3) is 1.80. The Kier molecular flexibility index (Phi) is 2.65. The van der Waals surface area contributed by atoms with E-state index in [1.54, 1.807) is 7.11 Å². The van der Waals surface area contributed by atoms with E-state index in [4.69, 9.17) is 4.74 Å². The van der Waals surface area contributed by atoms with Crippen molar-refractivity contribution in [1.29, 1.82) is 0 Å². The average molecular weight is 169 g/mol. The Morgan fingerprint density at radius 2 is 2.18 bits per heavy atom. The molecule has 0 aliphatic heterocycles. The molecular weight excluding hydrogens is 158 g/mol. The van der Waals surface area contributed by atoms with Crippen LogP contribution in [0.2, 0.25) is 0 Å². The third-order valence-electron chi connectivity index (χ3n) is 1.45. The van der Waals surface area contributed by atoms with Gasteiger partial charge in [-0.3, -0.25) is 0 Å². The molecular formula is C8H11NOS. The first-order valence-electron chi connectivity index (χ1n) is 3.32. The minimum Gasteiger partial charge on any atom is -0.495 e. The monoisotopic (exact) mass is 169 g/mol. The van der Waals surface area contributed by atoms with Gasteiger partial charge in [0.05, 0.1) is 12.8 Å². The highest BCUT2D eigenvalue weighted by Gasteiger charge is 1.98. The van der Waals surface area contributed by atoms with E-state index in [1.165, 1.54) is 0 Å². The molecule has 3 heteroatoms. The maximum Gasteiger partial charge on any atom is 0.142 e. The van der Waals surface area contributed by atoms with Crippen molar-refractivity contribution in [3.8, 4) is 5.75 Å². The quantitative estimate of drug-likeness (QED) is 0.661. The van der Waals surface area contributed by atoms with Gasteiger partial charge in [-0.15, -0.1) is 12.6 Å². The Morgan fingerprint density at radius 3 is 2.73 bits per heavy atom. The maximum atomic E-state index is 5.09. The summed E-state index contributed by atoms with van der Waals surface area (Å²) in [6.45, 7) is 0. The molecule has 0 aliphatic carbocycles. The molecule has 0 bridgehead atoms. The van der Waals surface area contributed by atoms with Gasteiger partial charge in [-0.2, -0.15) is 0 Å². The molecule has 1 aromatic rings. The van der Waals surface area contributed by atoms with E-state index >= 15 is 0 Å². The van der Waals surface area contributed by atoms with Crippen LogP contribution in [0.1, 0.15) is 0 Å². The first kappa shape index (κ1) is 8.27. The number of hydrogen-bond acceptors (Lipinski definition) is 3. The van der Waals surface area contributed by atoms with Gasteiger partial charge in [0.15, 0.2) is 0 Å². The largest absolute Gasteiger partial charge is 0.495 e. The van der Waals surface area contributed by atoms with E-state index in [2.05, 4.69) is 17.9 Å². The summed E-state index contributed by atoms with van der Waals surface area (Å²) in [5.74, 6) is 0.838. The normalized spacial score (nSPS) is 9.36. The first-order valence-corrected chi connectivity index (χ1v) is 3.77. The lowest BCUT2D eigenvalue weighted by atomic mass is 10.3. The number of nitrogens with one attached hydrogen (secondary N) is 1. The van der Waals surface area contributed by atoms with E-state index in [0.29, 0.717) is 0 Å². The molecule has 1 N–H and O–H groups in total. The van der Waals surface area contributed by atoms with E-state index in [1.807, 2.05) is 25.2 Å². The van der Waals surface area contributed by atoms with Crippen LogP contribution < -0.4 is 10.1 Å². The summed E-state index contributed by atoms with van der Waals surface area (Å²) >= 11 is 4.20. The van der Waals surface area contributed by atoms with Crippen LogP contribution in [-0.2, 0) is 0 Å². The summed E-state index contributed by atoms with van der Waals surface area (Å²) < 4.78 is 5.09. The minimum absolute atomic E-state index is 0.838. The zero-order valence-electron chi connectivity index (χ0n) is 6.59. The molecule has 0 aliphatic rings. The van der Waals surface area contributed by atoms with Crippen molar-refractivity contribution in [2.45, 2.75) is 4.90 Å². The van der Waals surface area contributed by atoms with Gasteiger partial charge in [-0.25, -0.2) is 0 Å². The molecule has 0 unspecified atom stereocenters. The molecule has 0 heterocycles. The second-order valence-corrected chi connectivity index (χ2v) is 2.65. The summed E-state index contributed by atoms with van der Waals surface area (Å²) in [6.07, 6.45) is 0. The first-order chi connectivity index (χ1) is 5.27. The van der Waals surface area contributed by atoms with Crippen molar-refractivity contribution in [1.82, 2.24) is 0 Å². The minimum atomic E-state index is 0.838. The molecule has 0 spiro atoms. The molecule has 0 radical (unpaired) electrons. The summed E-state index contributed by atoms with van der Waals surface area (Å²) in [7, 11) is 3.50. The number of methoxy groups -OCH3 is 1. The fourth-order valence-corrected chi connectivity index (χ4v) is 1.09. The third-order valence-corrected chi connectivity index (χ3v) is 1.73. The van der Waals surface area contributed by atoms with Gasteiger partial charge >= 0.3 is 0 Å². The summed E-state index contributed by atoms with van der Waals surface area (Å²) in [6, 6.07) is 5.69. The summed E-state index contributed by atoms with van der Waals surface area (Å²) in [5.41, 5.74) is 0.958. The number of thiol groups is 1. The molecule has 1 aromatic carbocycles. The summed E-state index contributed by atoms with van der Waals surface area (Å²) in [5, 5.41) is 3.01. The van der Waals surface area contributed by atoms with Crippen molar-refractivity contribution in [3.63, 3.8) is 0 Å². The standard InChI is InChI=1S/C8H11NOS/c1-9-7-5-6(11)3-4-8(7)10-2/h3-5,9,11H,1-2H3. The van der Waals surface area contributed by atoms with Gasteiger partial charge in [0.25, 0.3) is 0 Å². The lowest BCUT2D eigenvalue weighted by Gasteiger charge is -2.07. The van der Waals surface area contributed by atoms with Crippen LogP contribution in [0.5, 0.6) is 5.75 Å². The number of anilines is 1. The molecule has 0 aromatic heterocycles. The van der Waals surface area contributed by atoms with Crippen molar-refractivity contribution < 1.29 is 4.74 Å². The zero-order chi connectivity index (χ0) is 8.27. The number of rotatable bonds is 2. The van der Waals surface area contributed by atoms with Crippen molar-refractivity contribution in [3.05, 3.63) is 18.2 Å². The van der Waals surface area contributed by atoms with Crippen LogP contribution in [0.15, 0.2) is 23.1 Å². The Hall–Kier alpha value is -0.830. The van der Waals surface area contributed by atoms with Crippen LogP contribution in [0.3, 0.4) is 0 Å².